The molecule has 2 aliphatic rings. The number of nitrogens with one attached hydrogen (secondary N) is 2. The normalized spacial score (nSPS) is 24.1. The fraction of sp³-hybridized carbons (Fsp3) is 0.759. The van der Waals surface area contributed by atoms with Crippen LogP contribution in [0.5, 0.6) is 0 Å². The summed E-state index contributed by atoms with van der Waals surface area (Å²) in [5.74, 6) is -0.0192. The molecular weight excluding hydrogens is 472 g/mol. The third-order valence-corrected chi connectivity index (χ3v) is 8.36. The summed E-state index contributed by atoms with van der Waals surface area (Å²) in [6, 6.07) is 5.07. The molecule has 0 bridgehead atoms. The number of carbonyl (C=O) groups is 1. The zero-order chi connectivity index (χ0) is 26.7. The first-order valence-electron chi connectivity index (χ1n) is 13.7. The number of rotatable bonds is 9. The van der Waals surface area contributed by atoms with E-state index >= 15 is 0 Å². The van der Waals surface area contributed by atoms with Gasteiger partial charge in [-0.2, -0.15) is 0 Å². The Morgan fingerprint density at radius 2 is 1.69 bits per heavy atom. The largest absolute Gasteiger partial charge is 0.383 e. The van der Waals surface area contributed by atoms with E-state index in [1.807, 2.05) is 12.1 Å². The Bertz CT molecular complexity index is 880. The molecule has 1 aliphatic carbocycles. The zero-order valence-electron chi connectivity index (χ0n) is 23.8. The van der Waals surface area contributed by atoms with Crippen molar-refractivity contribution in [1.82, 2.24) is 15.5 Å². The van der Waals surface area contributed by atoms with Crippen molar-refractivity contribution in [2.45, 2.75) is 109 Å². The third-order valence-electron chi connectivity index (χ3n) is 8.14. The minimum atomic E-state index is -0.0241. The number of carbonyl (C=O) groups excluding carboxylic acids is 1. The fourth-order valence-corrected chi connectivity index (χ4v) is 6.95. The predicted octanol–water partition coefficient (Wildman–Crippen LogP) is 5.40. The molecule has 1 saturated carbocycles. The Morgan fingerprint density at radius 1 is 1.11 bits per heavy atom. The van der Waals surface area contributed by atoms with Crippen molar-refractivity contribution in [3.05, 3.63) is 28.3 Å². The molecule has 1 aliphatic heterocycles. The van der Waals surface area contributed by atoms with Crippen LogP contribution in [0.3, 0.4) is 0 Å². The number of anilines is 1. The van der Waals surface area contributed by atoms with Crippen molar-refractivity contribution in [1.29, 1.82) is 0 Å². The lowest BCUT2D eigenvalue weighted by molar-refractivity contribution is 0.0872. The van der Waals surface area contributed by atoms with E-state index in [1.54, 1.807) is 7.11 Å². The average Bonchev–Trinajstić information content (AvgIpc) is 2.78. The highest BCUT2D eigenvalue weighted by atomic mass is 35.5. The van der Waals surface area contributed by atoms with Crippen LogP contribution in [0.15, 0.2) is 12.1 Å². The number of hydrogen-bond donors (Lipinski definition) is 2. The SMILES string of the molecule is CCN(c1cc(Cl)cc(C(=O)NC2CC(C)(C)NC(C)(C)C2)c1C)[C@H]1CC[C@H](N(C)CCOC)CC1. The molecule has 204 valence electrons. The van der Waals surface area contributed by atoms with Crippen LogP contribution < -0.4 is 15.5 Å². The lowest BCUT2D eigenvalue weighted by atomic mass is 9.79. The topological polar surface area (TPSA) is 56.8 Å². The molecule has 0 unspecified atom stereocenters. The number of amides is 1. The van der Waals surface area contributed by atoms with Crippen molar-refractivity contribution >= 4 is 23.2 Å². The van der Waals surface area contributed by atoms with Crippen LogP contribution in [0.25, 0.3) is 0 Å². The number of hydrogen-bond acceptors (Lipinski definition) is 5. The van der Waals surface area contributed by atoms with Crippen LogP contribution in [-0.2, 0) is 4.74 Å². The van der Waals surface area contributed by atoms with Crippen LogP contribution in [-0.4, -0.2) is 73.9 Å². The maximum absolute atomic E-state index is 13.5. The van der Waals surface area contributed by atoms with Gasteiger partial charge < -0.3 is 25.2 Å². The average molecular weight is 521 g/mol. The molecule has 2 fully saturated rings. The summed E-state index contributed by atoms with van der Waals surface area (Å²) >= 11 is 6.62. The number of nitrogens with zero attached hydrogens (tertiary/aromatic N) is 2. The van der Waals surface area contributed by atoms with Crippen LogP contribution >= 0.6 is 11.6 Å². The standard InChI is InChI=1S/C29H49ClN4O2/c1-9-34(24-12-10-23(11-13-24)33(7)14-15-36-8)26-17-21(30)16-25(20(26)2)27(35)31-22-18-28(3,4)32-29(5,6)19-22/h16-17,22-24,32H,9-15,18-19H2,1-8H3,(H,31,35)/t23-,24-. The van der Waals surface area contributed by atoms with Crippen molar-refractivity contribution < 1.29 is 9.53 Å². The molecule has 0 radical (unpaired) electrons. The molecule has 1 amide bonds. The monoisotopic (exact) mass is 520 g/mol. The van der Waals surface area contributed by atoms with Gasteiger partial charge in [-0.05, 0) is 105 Å². The van der Waals surface area contributed by atoms with Gasteiger partial charge in [0.1, 0.15) is 0 Å². The summed E-state index contributed by atoms with van der Waals surface area (Å²) in [7, 11) is 3.97. The Hall–Kier alpha value is -1.34. The molecule has 1 heterocycles. The van der Waals surface area contributed by atoms with Gasteiger partial charge in [-0.3, -0.25) is 4.79 Å². The second-order valence-corrected chi connectivity index (χ2v) is 12.7. The minimum absolute atomic E-state index is 0.0192. The van der Waals surface area contributed by atoms with Gasteiger partial charge in [0, 0.05) is 65.7 Å². The van der Waals surface area contributed by atoms with Crippen molar-refractivity contribution in [3.63, 3.8) is 0 Å². The Kier molecular flexibility index (Phi) is 9.75. The van der Waals surface area contributed by atoms with Gasteiger partial charge in [-0.25, -0.2) is 0 Å². The summed E-state index contributed by atoms with van der Waals surface area (Å²) in [5, 5.41) is 7.66. The van der Waals surface area contributed by atoms with E-state index in [0.717, 1.165) is 56.6 Å². The predicted molar refractivity (Wildman–Crippen MR) is 152 cm³/mol. The van der Waals surface area contributed by atoms with Gasteiger partial charge in [0.25, 0.3) is 5.91 Å². The summed E-state index contributed by atoms with van der Waals surface area (Å²) in [4.78, 5) is 18.4. The van der Waals surface area contributed by atoms with Gasteiger partial charge >= 0.3 is 0 Å². The second-order valence-electron chi connectivity index (χ2n) is 12.3. The molecule has 0 aromatic heterocycles. The number of benzene rings is 1. The van der Waals surface area contributed by atoms with Crippen molar-refractivity contribution in [2.24, 2.45) is 0 Å². The fourth-order valence-electron chi connectivity index (χ4n) is 6.74. The molecule has 1 saturated heterocycles. The van der Waals surface area contributed by atoms with E-state index in [4.69, 9.17) is 16.3 Å². The smallest absolute Gasteiger partial charge is 0.251 e. The Morgan fingerprint density at radius 3 is 2.25 bits per heavy atom. The summed E-state index contributed by atoms with van der Waals surface area (Å²) < 4.78 is 5.26. The van der Waals surface area contributed by atoms with Crippen LogP contribution in [0.1, 0.15) is 89.1 Å². The highest BCUT2D eigenvalue weighted by molar-refractivity contribution is 6.31. The van der Waals surface area contributed by atoms with Crippen molar-refractivity contribution in [2.75, 3.05) is 38.8 Å². The van der Waals surface area contributed by atoms with Crippen molar-refractivity contribution in [3.8, 4) is 0 Å². The van der Waals surface area contributed by atoms with Gasteiger partial charge in [0.15, 0.2) is 0 Å². The van der Waals surface area contributed by atoms with E-state index in [0.29, 0.717) is 22.7 Å². The number of methoxy groups -OCH3 is 1. The Balaban J connectivity index is 1.74. The summed E-state index contributed by atoms with van der Waals surface area (Å²) in [5.41, 5.74) is 2.76. The first-order chi connectivity index (χ1) is 16.9. The van der Waals surface area contributed by atoms with E-state index in [-0.39, 0.29) is 23.0 Å². The molecular formula is C29H49ClN4O2. The molecule has 6 nitrogen and oxygen atoms in total. The molecule has 1 aromatic carbocycles. The number of halogens is 1. The Labute approximate surface area is 224 Å². The van der Waals surface area contributed by atoms with Gasteiger partial charge in [-0.15, -0.1) is 0 Å². The molecule has 7 heteroatoms. The second kappa shape index (κ2) is 12.0. The van der Waals surface area contributed by atoms with E-state index in [2.05, 4.69) is 69.0 Å². The third kappa shape index (κ3) is 7.37. The van der Waals surface area contributed by atoms with E-state index in [9.17, 15) is 4.79 Å². The molecule has 1 aromatic rings. The van der Waals surface area contributed by atoms with Gasteiger partial charge in [0.2, 0.25) is 0 Å². The quantitative estimate of drug-likeness (QED) is 0.456. The maximum atomic E-state index is 13.5. The first-order valence-corrected chi connectivity index (χ1v) is 14.1. The molecule has 36 heavy (non-hydrogen) atoms. The van der Waals surface area contributed by atoms with Crippen LogP contribution in [0.2, 0.25) is 5.02 Å². The summed E-state index contributed by atoms with van der Waals surface area (Å²) in [6.45, 7) is 15.8. The first kappa shape index (κ1) is 29.2. The van der Waals surface area contributed by atoms with Crippen LogP contribution in [0.4, 0.5) is 5.69 Å². The van der Waals surface area contributed by atoms with E-state index < -0.39 is 0 Å². The number of likely N-dealkylation sites (N-methyl/N-ethyl adjacent to an activating group) is 1. The molecule has 0 spiro atoms. The van der Waals surface area contributed by atoms with E-state index in [1.165, 1.54) is 12.8 Å². The van der Waals surface area contributed by atoms with Gasteiger partial charge in [-0.1, -0.05) is 11.6 Å². The molecule has 2 N–H and O–H groups in total. The zero-order valence-corrected chi connectivity index (χ0v) is 24.6. The number of ether oxygens (including phenoxy) is 1. The molecule has 3 rings (SSSR count). The lowest BCUT2D eigenvalue weighted by Crippen LogP contribution is -2.62. The van der Waals surface area contributed by atoms with Gasteiger partial charge in [0.05, 0.1) is 6.61 Å². The number of piperidine rings is 1. The molecule has 0 atom stereocenters. The minimum Gasteiger partial charge on any atom is -0.383 e. The summed E-state index contributed by atoms with van der Waals surface area (Å²) in [6.07, 6.45) is 6.44. The lowest BCUT2D eigenvalue weighted by Gasteiger charge is -2.46. The van der Waals surface area contributed by atoms with Crippen LogP contribution in [0, 0.1) is 6.92 Å². The maximum Gasteiger partial charge on any atom is 0.251 e. The highest BCUT2D eigenvalue weighted by Gasteiger charge is 2.38. The highest BCUT2D eigenvalue weighted by Crippen LogP contribution is 2.35.